The number of para-hydroxylation sites is 3. The summed E-state index contributed by atoms with van der Waals surface area (Å²) in [5.74, 6) is 0.778. The number of nitrogens with two attached hydrogens (primary N) is 3. The van der Waals surface area contributed by atoms with Crippen LogP contribution in [0.3, 0.4) is 0 Å². The quantitative estimate of drug-likeness (QED) is 0.0536. The predicted molar refractivity (Wildman–Crippen MR) is 352 cm³/mol. The van der Waals surface area contributed by atoms with Crippen molar-refractivity contribution in [2.24, 2.45) is 0 Å². The van der Waals surface area contributed by atoms with Crippen LogP contribution in [0.5, 0.6) is 0 Å². The molecule has 0 bridgehead atoms. The first-order chi connectivity index (χ1) is 43.1. The van der Waals surface area contributed by atoms with Crippen molar-refractivity contribution in [1.82, 2.24) is 50.2 Å². The Hall–Kier alpha value is -9.99. The minimum absolute atomic E-state index is 0.0774. The Kier molecular flexibility index (Phi) is 16.1. The number of hydrogen-bond donors (Lipinski definition) is 7. The molecule has 15 heteroatoms. The van der Waals surface area contributed by atoms with E-state index in [2.05, 4.69) is 190 Å². The van der Waals surface area contributed by atoms with Crippen LogP contribution in [0.2, 0.25) is 0 Å². The number of carbonyl (C=O) groups excluding carboxylic acids is 1. The highest BCUT2D eigenvalue weighted by molar-refractivity contribution is 6.02. The maximum absolute atomic E-state index is 13.2. The summed E-state index contributed by atoms with van der Waals surface area (Å²) in [4.78, 5) is 48.2. The Bertz CT molecular complexity index is 4330. The second kappa shape index (κ2) is 24.8. The van der Waals surface area contributed by atoms with E-state index in [-0.39, 0.29) is 28.1 Å². The average molecular weight is 1160 g/mol. The number of hydrogen-bond acceptors (Lipinski definition) is 11. The molecule has 0 aliphatic heterocycles. The molecule has 3 fully saturated rings. The molecule has 15 rings (SSSR count). The zero-order chi connectivity index (χ0) is 60.1. The lowest BCUT2D eigenvalue weighted by atomic mass is 9.59. The largest absolute Gasteiger partial charge is 0.383 e. The van der Waals surface area contributed by atoms with Crippen molar-refractivity contribution >= 4 is 56.5 Å². The van der Waals surface area contributed by atoms with E-state index in [9.17, 15) is 4.79 Å². The molecule has 1 amide bonds. The van der Waals surface area contributed by atoms with Gasteiger partial charge in [0.2, 0.25) is 17.8 Å². The molecular formula is C73H73N13O2. The number of nitrogens with one attached hydrogen (secondary N) is 4. The fourth-order valence-electron chi connectivity index (χ4n) is 14.3. The van der Waals surface area contributed by atoms with Crippen molar-refractivity contribution in [1.29, 1.82) is 0 Å². The fourth-order valence-corrected chi connectivity index (χ4v) is 14.3. The SMILES string of the molecule is COCCNC(=O)c1[nH]c2ccccc2c1C1(c2ccc(-c3cnc(N)nc3)cc2)CCC1.Nc1ncc(-c2ccc(C3(c4c[nH]c5ccccc45)CCCC3)cc2)cn1.Nc1ncc(-c2ccc(C3(c4c[nH]c5ccccc45)CCCCC3)cc2)cn1. The van der Waals surface area contributed by atoms with Gasteiger partial charge in [0.1, 0.15) is 5.69 Å². The van der Waals surface area contributed by atoms with Crippen molar-refractivity contribution < 1.29 is 9.53 Å². The third-order valence-electron chi connectivity index (χ3n) is 18.9. The molecular weight excluding hydrogens is 1090 g/mol. The molecule has 6 heterocycles. The summed E-state index contributed by atoms with van der Waals surface area (Å²) in [6, 6.07) is 51.8. The maximum Gasteiger partial charge on any atom is 0.268 e. The van der Waals surface area contributed by atoms with E-state index in [1.165, 1.54) is 107 Å². The van der Waals surface area contributed by atoms with E-state index in [1.54, 1.807) is 44.3 Å². The van der Waals surface area contributed by atoms with E-state index < -0.39 is 0 Å². The number of aromatic amines is 3. The van der Waals surface area contributed by atoms with E-state index in [0.29, 0.717) is 30.7 Å². The van der Waals surface area contributed by atoms with Gasteiger partial charge in [-0.1, -0.05) is 166 Å². The zero-order valence-corrected chi connectivity index (χ0v) is 49.6. The van der Waals surface area contributed by atoms with Crippen LogP contribution in [-0.2, 0) is 21.0 Å². The van der Waals surface area contributed by atoms with Crippen LogP contribution in [0.4, 0.5) is 17.8 Å². The first-order valence-corrected chi connectivity index (χ1v) is 30.7. The molecule has 3 aliphatic rings. The number of ether oxygens (including phenoxy) is 1. The summed E-state index contributed by atoms with van der Waals surface area (Å²) in [5, 5.41) is 6.78. The molecule has 6 aromatic carbocycles. The maximum atomic E-state index is 13.2. The van der Waals surface area contributed by atoms with Crippen LogP contribution in [0, 0.1) is 0 Å². The smallest absolute Gasteiger partial charge is 0.268 e. The van der Waals surface area contributed by atoms with Gasteiger partial charge in [0.15, 0.2) is 0 Å². The van der Waals surface area contributed by atoms with Gasteiger partial charge in [0.25, 0.3) is 5.91 Å². The molecule has 3 saturated carbocycles. The lowest BCUT2D eigenvalue weighted by molar-refractivity contribution is 0.0929. The topological polar surface area (TPSA) is 241 Å². The lowest BCUT2D eigenvalue weighted by Gasteiger charge is -2.43. The Morgan fingerprint density at radius 3 is 1.20 bits per heavy atom. The molecule has 6 aromatic heterocycles. The van der Waals surface area contributed by atoms with Gasteiger partial charge < -0.3 is 42.2 Å². The molecule has 3 aliphatic carbocycles. The summed E-state index contributed by atoms with van der Waals surface area (Å²) in [7, 11) is 1.63. The third-order valence-corrected chi connectivity index (χ3v) is 18.9. The second-order valence-corrected chi connectivity index (χ2v) is 23.8. The van der Waals surface area contributed by atoms with Gasteiger partial charge in [-0.15, -0.1) is 0 Å². The zero-order valence-electron chi connectivity index (χ0n) is 49.6. The number of amides is 1. The summed E-state index contributed by atoms with van der Waals surface area (Å²) in [6.45, 7) is 0.943. The molecule has 0 unspecified atom stereocenters. The van der Waals surface area contributed by atoms with Gasteiger partial charge in [-0.3, -0.25) is 4.79 Å². The van der Waals surface area contributed by atoms with Crippen molar-refractivity contribution in [2.75, 3.05) is 37.5 Å². The van der Waals surface area contributed by atoms with Gasteiger partial charge in [0.05, 0.1) is 6.61 Å². The minimum atomic E-state index is -0.205. The van der Waals surface area contributed by atoms with Gasteiger partial charge >= 0.3 is 0 Å². The van der Waals surface area contributed by atoms with Crippen LogP contribution in [0.15, 0.2) is 195 Å². The summed E-state index contributed by atoms with van der Waals surface area (Å²) in [5.41, 5.74) is 35.0. The molecule has 0 atom stereocenters. The standard InChI is InChI=1S/C26H27N5O2.C24H24N4.C23H22N4/c1-33-14-13-28-24(32)23-22(20-5-2-3-6-21(20)31-23)26(11-4-12-26)19-9-7-17(8-10-19)18-15-29-25(27)30-16-18;25-23-27-14-18(15-28-23)17-8-10-19(11-9-17)24(12-4-1-5-13-24)21-16-26-22-7-3-2-6-20(21)22;24-22-26-13-17(14-27-22)16-7-9-18(10-8-16)23(11-3-4-12-23)20-15-25-21-6-2-1-5-19(20)21/h2-3,5-10,15-16,31H,4,11-14H2,1H3,(H,28,32)(H2,27,29,30);2-3,6-11,14-16,26H,1,4-5,12-13H2,(H2,25,27,28);1-2,5-10,13-15,25H,3-4,11-12H2,(H2,24,26,27). The molecule has 12 aromatic rings. The van der Waals surface area contributed by atoms with E-state index in [1.807, 2.05) is 18.2 Å². The number of aromatic nitrogens is 9. The van der Waals surface area contributed by atoms with Crippen LogP contribution in [0.25, 0.3) is 66.1 Å². The normalized spacial score (nSPS) is 15.6. The molecule has 0 saturated heterocycles. The Morgan fingerprint density at radius 1 is 0.443 bits per heavy atom. The Labute approximate surface area is 512 Å². The van der Waals surface area contributed by atoms with E-state index in [0.717, 1.165) is 69.1 Å². The molecule has 88 heavy (non-hydrogen) atoms. The number of H-pyrrole nitrogens is 3. The molecule has 0 radical (unpaired) electrons. The van der Waals surface area contributed by atoms with Crippen LogP contribution in [0.1, 0.15) is 121 Å². The number of carbonyl (C=O) groups is 1. The predicted octanol–water partition coefficient (Wildman–Crippen LogP) is 14.6. The highest BCUT2D eigenvalue weighted by atomic mass is 16.5. The summed E-state index contributed by atoms with van der Waals surface area (Å²) < 4.78 is 5.10. The summed E-state index contributed by atoms with van der Waals surface area (Å²) >= 11 is 0. The van der Waals surface area contributed by atoms with Gasteiger partial charge in [-0.25, -0.2) is 29.9 Å². The molecule has 0 spiro atoms. The van der Waals surface area contributed by atoms with E-state index in [4.69, 9.17) is 21.9 Å². The number of fused-ring (bicyclic) bond motifs is 3. The minimum Gasteiger partial charge on any atom is -0.383 e. The number of anilines is 3. The average Bonchev–Trinajstić information content (AvgIpc) is 1.72. The monoisotopic (exact) mass is 1160 g/mol. The van der Waals surface area contributed by atoms with Crippen molar-refractivity contribution in [3.05, 3.63) is 234 Å². The number of nitrogens with zero attached hydrogens (tertiary/aromatic N) is 6. The van der Waals surface area contributed by atoms with Crippen molar-refractivity contribution in [2.45, 2.75) is 93.3 Å². The number of nitrogen functional groups attached to an aromatic ring is 3. The van der Waals surface area contributed by atoms with Crippen molar-refractivity contribution in [3.63, 3.8) is 0 Å². The molecule has 15 nitrogen and oxygen atoms in total. The molecule has 442 valence electrons. The van der Waals surface area contributed by atoms with Gasteiger partial charge in [0, 0.05) is 134 Å². The number of rotatable bonds is 13. The molecule has 10 N–H and O–H groups in total. The van der Waals surface area contributed by atoms with Crippen LogP contribution in [-0.4, -0.2) is 71.0 Å². The lowest BCUT2D eigenvalue weighted by Crippen LogP contribution is -2.38. The first kappa shape index (κ1) is 57.1. The van der Waals surface area contributed by atoms with Crippen molar-refractivity contribution in [3.8, 4) is 33.4 Å². The number of methoxy groups -OCH3 is 1. The van der Waals surface area contributed by atoms with Crippen LogP contribution >= 0.6 is 0 Å². The fraction of sp³-hybridized carbons (Fsp3) is 0.247. The Balaban J connectivity index is 0.000000122. The van der Waals surface area contributed by atoms with Crippen LogP contribution < -0.4 is 22.5 Å². The highest BCUT2D eigenvalue weighted by Gasteiger charge is 2.45. The van der Waals surface area contributed by atoms with E-state index >= 15 is 0 Å². The number of benzene rings is 6. The summed E-state index contributed by atoms with van der Waals surface area (Å²) in [6.07, 6.45) is 29.4. The highest BCUT2D eigenvalue weighted by Crippen LogP contribution is 2.53. The Morgan fingerprint density at radius 2 is 0.807 bits per heavy atom. The van der Waals surface area contributed by atoms with Gasteiger partial charge in [-0.2, -0.15) is 0 Å². The first-order valence-electron chi connectivity index (χ1n) is 30.7. The second-order valence-electron chi connectivity index (χ2n) is 23.8. The van der Waals surface area contributed by atoms with Gasteiger partial charge in [-0.05, 0) is 101 Å². The third kappa shape index (κ3) is 11.0.